The van der Waals surface area contributed by atoms with Crippen molar-refractivity contribution in [3.63, 3.8) is 0 Å². The molecule has 1 amide bonds. The Kier molecular flexibility index (Phi) is 7.83. The van der Waals surface area contributed by atoms with Gasteiger partial charge in [0.2, 0.25) is 11.7 Å². The van der Waals surface area contributed by atoms with Crippen LogP contribution in [0.15, 0.2) is 47.4 Å². The highest BCUT2D eigenvalue weighted by molar-refractivity contribution is 7.89. The van der Waals surface area contributed by atoms with Gasteiger partial charge in [-0.15, -0.1) is 0 Å². The summed E-state index contributed by atoms with van der Waals surface area (Å²) in [7, 11) is 0.966. The first-order valence-corrected chi connectivity index (χ1v) is 13.2. The quantitative estimate of drug-likeness (QED) is 0.515. The predicted molar refractivity (Wildman–Crippen MR) is 131 cm³/mol. The first-order chi connectivity index (χ1) is 16.9. The molecule has 0 aliphatic carbocycles. The average molecular weight is 504 g/mol. The van der Waals surface area contributed by atoms with Crippen LogP contribution in [-0.4, -0.2) is 88.5 Å². The summed E-state index contributed by atoms with van der Waals surface area (Å²) in [6, 6.07) is 11.7. The molecule has 2 aliphatic heterocycles. The lowest BCUT2D eigenvalue weighted by atomic mass is 10.1. The van der Waals surface area contributed by atoms with Crippen LogP contribution < -0.4 is 14.2 Å². The van der Waals surface area contributed by atoms with Crippen LogP contribution in [0.5, 0.6) is 17.2 Å². The number of methoxy groups -OCH3 is 3. The van der Waals surface area contributed by atoms with Crippen molar-refractivity contribution in [2.24, 2.45) is 0 Å². The minimum atomic E-state index is -3.85. The topological polar surface area (TPSA) is 88.6 Å². The van der Waals surface area contributed by atoms with Crippen molar-refractivity contribution >= 4 is 15.9 Å². The van der Waals surface area contributed by atoms with E-state index in [0.717, 1.165) is 36.0 Å². The van der Waals surface area contributed by atoms with E-state index in [1.165, 1.54) is 0 Å². The molecule has 9 nitrogen and oxygen atoms in total. The standard InChI is InChI=1S/C25H33N3O6S/c1-32-22-11-9-19(24(33-2)25(22)34-3)17-26-13-15-27(16-14-26)18-20-10-12-23(29)28(20)35(30,31)21-7-5-4-6-8-21/h4-9,11,20H,10,12-18H2,1-3H3/t20-/m0/s1. The first kappa shape index (κ1) is 25.3. The summed E-state index contributed by atoms with van der Waals surface area (Å²) in [6.07, 6.45) is 0.809. The van der Waals surface area contributed by atoms with Crippen LogP contribution in [0.3, 0.4) is 0 Å². The fourth-order valence-corrected chi connectivity index (χ4v) is 6.53. The van der Waals surface area contributed by atoms with E-state index in [4.69, 9.17) is 14.2 Å². The van der Waals surface area contributed by atoms with Crippen molar-refractivity contribution in [2.75, 3.05) is 54.1 Å². The molecule has 0 radical (unpaired) electrons. The number of nitrogens with zero attached hydrogens (tertiary/aromatic N) is 3. The first-order valence-electron chi connectivity index (χ1n) is 11.7. The minimum Gasteiger partial charge on any atom is -0.493 e. The molecule has 0 bridgehead atoms. The van der Waals surface area contributed by atoms with E-state index in [0.29, 0.717) is 36.8 Å². The highest BCUT2D eigenvalue weighted by Crippen LogP contribution is 2.40. The van der Waals surface area contributed by atoms with Crippen molar-refractivity contribution in [1.82, 2.24) is 14.1 Å². The average Bonchev–Trinajstić information content (AvgIpc) is 3.25. The molecule has 4 rings (SSSR count). The monoisotopic (exact) mass is 503 g/mol. The van der Waals surface area contributed by atoms with E-state index < -0.39 is 10.0 Å². The number of rotatable bonds is 9. The Labute approximate surface area is 207 Å². The summed E-state index contributed by atoms with van der Waals surface area (Å²) in [5.41, 5.74) is 1.01. The summed E-state index contributed by atoms with van der Waals surface area (Å²) < 4.78 is 43.9. The summed E-state index contributed by atoms with van der Waals surface area (Å²) in [5, 5.41) is 0. The Morgan fingerprint density at radius 1 is 0.857 bits per heavy atom. The van der Waals surface area contributed by atoms with Gasteiger partial charge in [0, 0.05) is 51.3 Å². The number of hydrogen-bond acceptors (Lipinski definition) is 8. The Hall–Kier alpha value is -2.82. The molecule has 0 unspecified atom stereocenters. The Morgan fingerprint density at radius 2 is 1.51 bits per heavy atom. The molecule has 2 aliphatic rings. The van der Waals surface area contributed by atoms with Crippen LogP contribution >= 0.6 is 0 Å². The molecule has 2 fully saturated rings. The summed E-state index contributed by atoms with van der Waals surface area (Å²) in [4.78, 5) is 17.3. The molecule has 2 saturated heterocycles. The molecule has 190 valence electrons. The smallest absolute Gasteiger partial charge is 0.266 e. The van der Waals surface area contributed by atoms with Gasteiger partial charge in [-0.05, 0) is 24.6 Å². The van der Waals surface area contributed by atoms with E-state index >= 15 is 0 Å². The zero-order chi connectivity index (χ0) is 25.0. The molecule has 35 heavy (non-hydrogen) atoms. The van der Waals surface area contributed by atoms with Crippen molar-refractivity contribution < 1.29 is 27.4 Å². The Morgan fingerprint density at radius 3 is 2.14 bits per heavy atom. The summed E-state index contributed by atoms with van der Waals surface area (Å²) in [6.45, 7) is 4.48. The third-order valence-corrected chi connectivity index (χ3v) is 8.57. The van der Waals surface area contributed by atoms with Gasteiger partial charge in [-0.25, -0.2) is 12.7 Å². The molecule has 0 saturated carbocycles. The predicted octanol–water partition coefficient (Wildman–Crippen LogP) is 2.21. The maximum absolute atomic E-state index is 13.2. The molecule has 0 N–H and O–H groups in total. The Bertz CT molecular complexity index is 1130. The maximum Gasteiger partial charge on any atom is 0.266 e. The fourth-order valence-electron chi connectivity index (χ4n) is 4.88. The van der Waals surface area contributed by atoms with Crippen LogP contribution in [0.25, 0.3) is 0 Å². The van der Waals surface area contributed by atoms with Crippen LogP contribution in [0.2, 0.25) is 0 Å². The van der Waals surface area contributed by atoms with E-state index in [-0.39, 0.29) is 23.3 Å². The van der Waals surface area contributed by atoms with Gasteiger partial charge in [0.15, 0.2) is 11.5 Å². The molecule has 2 aromatic carbocycles. The van der Waals surface area contributed by atoms with Gasteiger partial charge in [-0.1, -0.05) is 24.3 Å². The maximum atomic E-state index is 13.2. The number of carbonyl (C=O) groups is 1. The second kappa shape index (κ2) is 10.8. The fraction of sp³-hybridized carbons (Fsp3) is 0.480. The normalized spacial score (nSPS) is 19.7. The number of ether oxygens (including phenoxy) is 3. The third-order valence-electron chi connectivity index (χ3n) is 6.68. The third kappa shape index (κ3) is 5.24. The van der Waals surface area contributed by atoms with Crippen molar-refractivity contribution in [1.29, 1.82) is 0 Å². The molecule has 0 aromatic heterocycles. The molecule has 10 heteroatoms. The van der Waals surface area contributed by atoms with E-state index in [1.54, 1.807) is 51.7 Å². The number of hydrogen-bond donors (Lipinski definition) is 0. The minimum absolute atomic E-state index is 0.161. The molecule has 2 aromatic rings. The van der Waals surface area contributed by atoms with Crippen molar-refractivity contribution in [3.05, 3.63) is 48.0 Å². The van der Waals surface area contributed by atoms with Gasteiger partial charge in [0.05, 0.1) is 32.3 Å². The lowest BCUT2D eigenvalue weighted by Gasteiger charge is -2.37. The van der Waals surface area contributed by atoms with E-state index in [9.17, 15) is 13.2 Å². The lowest BCUT2D eigenvalue weighted by Crippen LogP contribution is -2.51. The number of amides is 1. The van der Waals surface area contributed by atoms with Gasteiger partial charge in [0.25, 0.3) is 10.0 Å². The largest absolute Gasteiger partial charge is 0.493 e. The van der Waals surface area contributed by atoms with Gasteiger partial charge < -0.3 is 14.2 Å². The highest BCUT2D eigenvalue weighted by atomic mass is 32.2. The van der Waals surface area contributed by atoms with Crippen LogP contribution in [0, 0.1) is 0 Å². The molecular formula is C25H33N3O6S. The Balaban J connectivity index is 1.39. The second-order valence-corrected chi connectivity index (χ2v) is 10.6. The van der Waals surface area contributed by atoms with E-state index in [1.807, 2.05) is 12.1 Å². The van der Waals surface area contributed by atoms with Gasteiger partial charge in [-0.2, -0.15) is 0 Å². The zero-order valence-corrected chi connectivity index (χ0v) is 21.3. The van der Waals surface area contributed by atoms with Crippen LogP contribution in [0.1, 0.15) is 18.4 Å². The van der Waals surface area contributed by atoms with Gasteiger partial charge >= 0.3 is 0 Å². The molecular weight excluding hydrogens is 470 g/mol. The second-order valence-electron chi connectivity index (χ2n) is 8.77. The van der Waals surface area contributed by atoms with Crippen molar-refractivity contribution in [2.45, 2.75) is 30.3 Å². The summed E-state index contributed by atoms with van der Waals surface area (Å²) in [5.74, 6) is 1.55. The van der Waals surface area contributed by atoms with Gasteiger partial charge in [0.1, 0.15) is 0 Å². The van der Waals surface area contributed by atoms with Crippen molar-refractivity contribution in [3.8, 4) is 17.2 Å². The van der Waals surface area contributed by atoms with Gasteiger partial charge in [-0.3, -0.25) is 14.6 Å². The number of sulfonamides is 1. The number of benzene rings is 2. The summed E-state index contributed by atoms with van der Waals surface area (Å²) >= 11 is 0. The molecule has 0 spiro atoms. The lowest BCUT2D eigenvalue weighted by molar-refractivity contribution is -0.124. The van der Waals surface area contributed by atoms with Crippen LogP contribution in [0.4, 0.5) is 0 Å². The zero-order valence-electron chi connectivity index (χ0n) is 20.5. The SMILES string of the molecule is COc1ccc(CN2CCN(C[C@@H]3CCC(=O)N3S(=O)(=O)c3ccccc3)CC2)c(OC)c1OC. The molecule has 1 atom stereocenters. The number of carbonyl (C=O) groups excluding carboxylic acids is 1. The number of piperazine rings is 1. The van der Waals surface area contributed by atoms with E-state index in [2.05, 4.69) is 9.80 Å². The molecule has 2 heterocycles. The highest BCUT2D eigenvalue weighted by Gasteiger charge is 2.41. The van der Waals surface area contributed by atoms with Crippen LogP contribution in [-0.2, 0) is 21.4 Å².